The van der Waals surface area contributed by atoms with Gasteiger partial charge < -0.3 is 0 Å². The van der Waals surface area contributed by atoms with Gasteiger partial charge in [0.15, 0.2) is 0 Å². The molecule has 0 saturated carbocycles. The summed E-state index contributed by atoms with van der Waals surface area (Å²) in [5.74, 6) is 0. The number of amides is 1. The number of anilines is 2. The lowest BCUT2D eigenvalue weighted by Gasteiger charge is -2.18. The van der Waals surface area contributed by atoms with E-state index in [1.54, 1.807) is 12.1 Å². The first-order valence-electron chi connectivity index (χ1n) is 6.85. The summed E-state index contributed by atoms with van der Waals surface area (Å²) in [7, 11) is -3.75. The van der Waals surface area contributed by atoms with E-state index in [0.29, 0.717) is 17.8 Å². The van der Waals surface area contributed by atoms with Gasteiger partial charge in [0, 0.05) is 11.4 Å². The van der Waals surface area contributed by atoms with Crippen molar-refractivity contribution in [3.05, 3.63) is 66.7 Å². The average Bonchev–Trinajstić information content (AvgIpc) is 2.55. The third kappa shape index (κ3) is 3.08. The van der Waals surface area contributed by atoms with Crippen molar-refractivity contribution in [3.8, 4) is 0 Å². The summed E-state index contributed by atoms with van der Waals surface area (Å²) in [4.78, 5) is 13.0. The molecule has 0 unspecified atom stereocenters. The Bertz CT molecular complexity index is 967. The molecule has 6 heteroatoms. The molecule has 3 aromatic carbocycles. The van der Waals surface area contributed by atoms with Crippen molar-refractivity contribution < 1.29 is 13.2 Å². The molecule has 116 valence electrons. The van der Waals surface area contributed by atoms with Crippen LogP contribution < -0.4 is 10.0 Å². The normalized spacial score (nSPS) is 11.3. The van der Waals surface area contributed by atoms with Gasteiger partial charge in [-0.1, -0.05) is 30.3 Å². The van der Waals surface area contributed by atoms with Crippen LogP contribution in [-0.4, -0.2) is 14.8 Å². The van der Waals surface area contributed by atoms with E-state index in [-0.39, 0.29) is 4.90 Å². The SMILES string of the molecule is NS(=O)(=O)c1ccc(N(C=O)c2ccc3ccccc3c2)cc1. The van der Waals surface area contributed by atoms with Crippen LogP contribution in [0, 0.1) is 0 Å². The van der Waals surface area contributed by atoms with Crippen LogP contribution in [0.5, 0.6) is 0 Å². The van der Waals surface area contributed by atoms with Gasteiger partial charge in [0.2, 0.25) is 16.4 Å². The molecule has 0 aliphatic carbocycles. The first-order valence-corrected chi connectivity index (χ1v) is 8.40. The lowest BCUT2D eigenvalue weighted by Crippen LogP contribution is -2.15. The third-order valence-corrected chi connectivity index (χ3v) is 4.49. The van der Waals surface area contributed by atoms with Gasteiger partial charge in [-0.2, -0.15) is 0 Å². The number of hydrogen-bond acceptors (Lipinski definition) is 3. The van der Waals surface area contributed by atoms with E-state index in [1.807, 2.05) is 42.5 Å². The molecule has 3 aromatic rings. The average molecular weight is 326 g/mol. The second-order valence-electron chi connectivity index (χ2n) is 5.05. The van der Waals surface area contributed by atoms with Gasteiger partial charge in [0.05, 0.1) is 4.90 Å². The molecule has 0 spiro atoms. The molecular formula is C17H14N2O3S. The van der Waals surface area contributed by atoms with Gasteiger partial charge in [-0.3, -0.25) is 9.69 Å². The maximum Gasteiger partial charge on any atom is 0.238 e. The standard InChI is InChI=1S/C17H14N2O3S/c18-23(21,22)17-9-7-15(8-10-17)19(12-20)16-6-5-13-3-1-2-4-14(13)11-16/h1-12H,(H2,18,21,22). The van der Waals surface area contributed by atoms with Gasteiger partial charge in [0.1, 0.15) is 0 Å². The van der Waals surface area contributed by atoms with Crippen LogP contribution in [0.3, 0.4) is 0 Å². The third-order valence-electron chi connectivity index (χ3n) is 3.56. The monoisotopic (exact) mass is 326 g/mol. The van der Waals surface area contributed by atoms with E-state index in [0.717, 1.165) is 10.8 Å². The lowest BCUT2D eigenvalue weighted by atomic mass is 10.1. The fourth-order valence-electron chi connectivity index (χ4n) is 2.39. The van der Waals surface area contributed by atoms with Crippen molar-refractivity contribution >= 4 is 38.6 Å². The van der Waals surface area contributed by atoms with Crippen LogP contribution in [0.25, 0.3) is 10.8 Å². The molecule has 23 heavy (non-hydrogen) atoms. The maximum absolute atomic E-state index is 11.5. The van der Waals surface area contributed by atoms with Crippen LogP contribution in [-0.2, 0) is 14.8 Å². The van der Waals surface area contributed by atoms with E-state index in [2.05, 4.69) is 0 Å². The molecule has 0 bridgehead atoms. The quantitative estimate of drug-likeness (QED) is 0.749. The first kappa shape index (κ1) is 15.2. The number of rotatable bonds is 4. The molecule has 0 heterocycles. The zero-order valence-corrected chi connectivity index (χ0v) is 12.9. The largest absolute Gasteiger partial charge is 0.284 e. The molecular weight excluding hydrogens is 312 g/mol. The summed E-state index contributed by atoms with van der Waals surface area (Å²) < 4.78 is 22.6. The Labute approximate surface area is 134 Å². The van der Waals surface area contributed by atoms with E-state index in [9.17, 15) is 13.2 Å². The van der Waals surface area contributed by atoms with Gasteiger partial charge in [-0.15, -0.1) is 0 Å². The minimum absolute atomic E-state index is 0.00519. The second kappa shape index (κ2) is 5.83. The number of sulfonamides is 1. The highest BCUT2D eigenvalue weighted by molar-refractivity contribution is 7.89. The molecule has 0 aliphatic rings. The van der Waals surface area contributed by atoms with Crippen LogP contribution in [0.2, 0.25) is 0 Å². The number of primary sulfonamides is 1. The predicted octanol–water partition coefficient (Wildman–Crippen LogP) is 2.78. The second-order valence-corrected chi connectivity index (χ2v) is 6.61. The molecule has 0 saturated heterocycles. The fourth-order valence-corrected chi connectivity index (χ4v) is 2.91. The molecule has 5 nitrogen and oxygen atoms in total. The number of hydrogen-bond donors (Lipinski definition) is 1. The first-order chi connectivity index (χ1) is 11.0. The smallest absolute Gasteiger partial charge is 0.238 e. The van der Waals surface area contributed by atoms with Gasteiger partial charge in [-0.25, -0.2) is 13.6 Å². The molecule has 1 amide bonds. The summed E-state index contributed by atoms with van der Waals surface area (Å²) in [6, 6.07) is 19.3. The summed E-state index contributed by atoms with van der Waals surface area (Å²) in [5, 5.41) is 7.17. The number of carbonyl (C=O) groups excluding carboxylic acids is 1. The van der Waals surface area contributed by atoms with E-state index in [4.69, 9.17) is 5.14 Å². The predicted molar refractivity (Wildman–Crippen MR) is 90.0 cm³/mol. The Morgan fingerprint density at radius 3 is 2.04 bits per heavy atom. The van der Waals surface area contributed by atoms with Crippen molar-refractivity contribution in [3.63, 3.8) is 0 Å². The van der Waals surface area contributed by atoms with Crippen LogP contribution >= 0.6 is 0 Å². The van der Waals surface area contributed by atoms with Gasteiger partial charge in [-0.05, 0) is 47.2 Å². The Kier molecular flexibility index (Phi) is 3.85. The van der Waals surface area contributed by atoms with Crippen LogP contribution in [0.1, 0.15) is 0 Å². The number of carbonyl (C=O) groups is 1. The molecule has 0 atom stereocenters. The summed E-state index contributed by atoms with van der Waals surface area (Å²) >= 11 is 0. The maximum atomic E-state index is 11.5. The molecule has 0 aromatic heterocycles. The highest BCUT2D eigenvalue weighted by atomic mass is 32.2. The zero-order chi connectivity index (χ0) is 16.4. The zero-order valence-electron chi connectivity index (χ0n) is 12.1. The van der Waals surface area contributed by atoms with Gasteiger partial charge >= 0.3 is 0 Å². The number of nitrogens with two attached hydrogens (primary N) is 1. The van der Waals surface area contributed by atoms with Crippen molar-refractivity contribution in [2.75, 3.05) is 4.90 Å². The number of benzene rings is 3. The topological polar surface area (TPSA) is 80.5 Å². The Morgan fingerprint density at radius 2 is 1.43 bits per heavy atom. The molecule has 0 radical (unpaired) electrons. The van der Waals surface area contributed by atoms with Crippen molar-refractivity contribution in [1.29, 1.82) is 0 Å². The highest BCUT2D eigenvalue weighted by Crippen LogP contribution is 2.28. The minimum atomic E-state index is -3.75. The Morgan fingerprint density at radius 1 is 0.826 bits per heavy atom. The van der Waals surface area contributed by atoms with Gasteiger partial charge in [0.25, 0.3) is 0 Å². The summed E-state index contributed by atoms with van der Waals surface area (Å²) in [6.07, 6.45) is 0.691. The highest BCUT2D eigenvalue weighted by Gasteiger charge is 2.12. The Balaban J connectivity index is 2.02. The lowest BCUT2D eigenvalue weighted by molar-refractivity contribution is -0.106. The van der Waals surface area contributed by atoms with Crippen molar-refractivity contribution in [2.45, 2.75) is 4.90 Å². The Hall–Kier alpha value is -2.70. The van der Waals surface area contributed by atoms with Crippen LogP contribution in [0.15, 0.2) is 71.6 Å². The van der Waals surface area contributed by atoms with Crippen LogP contribution in [0.4, 0.5) is 11.4 Å². The molecule has 0 aliphatic heterocycles. The molecule has 0 fully saturated rings. The van der Waals surface area contributed by atoms with E-state index in [1.165, 1.54) is 17.0 Å². The fraction of sp³-hybridized carbons (Fsp3) is 0. The van der Waals surface area contributed by atoms with Crippen molar-refractivity contribution in [1.82, 2.24) is 0 Å². The molecule has 3 rings (SSSR count). The molecule has 2 N–H and O–H groups in total. The van der Waals surface area contributed by atoms with E-state index >= 15 is 0 Å². The summed E-state index contributed by atoms with van der Waals surface area (Å²) in [6.45, 7) is 0. The number of nitrogens with zero attached hydrogens (tertiary/aromatic N) is 1. The minimum Gasteiger partial charge on any atom is -0.284 e. The number of fused-ring (bicyclic) bond motifs is 1. The summed E-state index contributed by atoms with van der Waals surface area (Å²) in [5.41, 5.74) is 1.25. The van der Waals surface area contributed by atoms with E-state index < -0.39 is 10.0 Å². The van der Waals surface area contributed by atoms with Crippen molar-refractivity contribution in [2.24, 2.45) is 5.14 Å².